The summed E-state index contributed by atoms with van der Waals surface area (Å²) in [6, 6.07) is 9.78. The van der Waals surface area contributed by atoms with Crippen molar-refractivity contribution in [1.29, 1.82) is 0 Å². The minimum absolute atomic E-state index is 0.0404. The molecule has 1 saturated heterocycles. The van der Waals surface area contributed by atoms with Crippen LogP contribution in [0.25, 0.3) is 0 Å². The predicted octanol–water partition coefficient (Wildman–Crippen LogP) is 1.75. The molecule has 9 nitrogen and oxygen atoms in total. The average Bonchev–Trinajstić information content (AvgIpc) is 3.23. The Bertz CT molecular complexity index is 1030. The molecule has 2 aliphatic rings. The van der Waals surface area contributed by atoms with Crippen LogP contribution >= 0.6 is 0 Å². The lowest BCUT2D eigenvalue weighted by molar-refractivity contribution is -0.138. The number of ether oxygens (including phenoxy) is 1. The molecular weight excluding hydrogens is 430 g/mol. The molecule has 32 heavy (non-hydrogen) atoms. The summed E-state index contributed by atoms with van der Waals surface area (Å²) in [5.41, 5.74) is 1.04. The summed E-state index contributed by atoms with van der Waals surface area (Å²) in [5, 5.41) is 8.35. The smallest absolute Gasteiger partial charge is 0.249 e. The maximum atomic E-state index is 12.6. The molecule has 2 aromatic rings. The van der Waals surface area contributed by atoms with Gasteiger partial charge in [0.05, 0.1) is 18.4 Å². The second-order valence-corrected chi connectivity index (χ2v) is 11.2. The summed E-state index contributed by atoms with van der Waals surface area (Å²) in [6.45, 7) is 6.56. The minimum Gasteiger partial charge on any atom is -0.367 e. The fourth-order valence-corrected chi connectivity index (χ4v) is 5.60. The van der Waals surface area contributed by atoms with Gasteiger partial charge in [0.1, 0.15) is 12.4 Å². The zero-order valence-corrected chi connectivity index (χ0v) is 19.5. The predicted molar refractivity (Wildman–Crippen MR) is 119 cm³/mol. The van der Waals surface area contributed by atoms with E-state index in [9.17, 15) is 13.2 Å². The normalized spacial score (nSPS) is 18.2. The largest absolute Gasteiger partial charge is 0.367 e. The second-order valence-electron chi connectivity index (χ2n) is 8.69. The summed E-state index contributed by atoms with van der Waals surface area (Å²) in [6.07, 6.45) is 1.47. The number of fused-ring (bicyclic) bond motifs is 1. The molecule has 1 aromatic carbocycles. The molecule has 3 heterocycles. The number of amides is 1. The summed E-state index contributed by atoms with van der Waals surface area (Å²) in [7, 11) is -3.22. The molecule has 0 spiro atoms. The summed E-state index contributed by atoms with van der Waals surface area (Å²) in [4.78, 5) is 14.3. The van der Waals surface area contributed by atoms with E-state index >= 15 is 0 Å². The van der Waals surface area contributed by atoms with Crippen molar-refractivity contribution in [3.05, 3.63) is 47.5 Å². The van der Waals surface area contributed by atoms with Crippen molar-refractivity contribution < 1.29 is 17.9 Å². The van der Waals surface area contributed by atoms with Gasteiger partial charge in [-0.05, 0) is 32.3 Å². The van der Waals surface area contributed by atoms with E-state index in [2.05, 4.69) is 14.8 Å². The molecule has 2 aliphatic heterocycles. The monoisotopic (exact) mass is 461 g/mol. The number of aromatic nitrogens is 3. The molecule has 174 valence electrons. The highest BCUT2D eigenvalue weighted by Gasteiger charge is 2.34. The second kappa shape index (κ2) is 9.68. The first-order chi connectivity index (χ1) is 15.4. The SMILES string of the molecule is CC(C)S(=O)(=O)N1CCC(c2nnc3n2CCN(C(=O)COCc2ccccc2)C3)CC1. The molecule has 1 amide bonds. The van der Waals surface area contributed by atoms with Crippen LogP contribution in [-0.2, 0) is 39.3 Å². The highest BCUT2D eigenvalue weighted by Crippen LogP contribution is 2.30. The Balaban J connectivity index is 1.31. The van der Waals surface area contributed by atoms with Gasteiger partial charge in [-0.3, -0.25) is 4.79 Å². The molecule has 0 saturated carbocycles. The maximum absolute atomic E-state index is 12.6. The van der Waals surface area contributed by atoms with Crippen molar-refractivity contribution in [2.75, 3.05) is 26.2 Å². The topological polar surface area (TPSA) is 97.6 Å². The van der Waals surface area contributed by atoms with Gasteiger partial charge in [-0.15, -0.1) is 10.2 Å². The number of benzene rings is 1. The Morgan fingerprint density at radius 1 is 1.09 bits per heavy atom. The fourth-order valence-electron chi connectivity index (χ4n) is 4.28. The number of carbonyl (C=O) groups is 1. The van der Waals surface area contributed by atoms with E-state index in [0.717, 1.165) is 30.1 Å². The van der Waals surface area contributed by atoms with Crippen molar-refractivity contribution in [2.45, 2.75) is 57.6 Å². The van der Waals surface area contributed by atoms with Gasteiger partial charge in [-0.1, -0.05) is 30.3 Å². The molecule has 1 fully saturated rings. The summed E-state index contributed by atoms with van der Waals surface area (Å²) in [5.74, 6) is 1.82. The van der Waals surface area contributed by atoms with Gasteiger partial charge in [0.2, 0.25) is 15.9 Å². The van der Waals surface area contributed by atoms with E-state index in [4.69, 9.17) is 4.74 Å². The number of sulfonamides is 1. The lowest BCUT2D eigenvalue weighted by atomic mass is 9.97. The van der Waals surface area contributed by atoms with Crippen LogP contribution in [0.3, 0.4) is 0 Å². The Morgan fingerprint density at radius 3 is 2.50 bits per heavy atom. The molecule has 0 bridgehead atoms. The third-order valence-corrected chi connectivity index (χ3v) is 8.52. The van der Waals surface area contributed by atoms with Gasteiger partial charge < -0.3 is 14.2 Å². The summed E-state index contributed by atoms with van der Waals surface area (Å²) >= 11 is 0. The Morgan fingerprint density at radius 2 is 1.81 bits per heavy atom. The number of hydrogen-bond donors (Lipinski definition) is 0. The maximum Gasteiger partial charge on any atom is 0.249 e. The van der Waals surface area contributed by atoms with Crippen molar-refractivity contribution in [3.63, 3.8) is 0 Å². The molecule has 0 aliphatic carbocycles. The van der Waals surface area contributed by atoms with E-state index in [1.165, 1.54) is 0 Å². The first-order valence-electron chi connectivity index (χ1n) is 11.2. The van der Waals surface area contributed by atoms with Crippen molar-refractivity contribution >= 4 is 15.9 Å². The molecule has 0 radical (unpaired) electrons. The van der Waals surface area contributed by atoms with Crippen LogP contribution in [-0.4, -0.2) is 69.8 Å². The van der Waals surface area contributed by atoms with Crippen LogP contribution in [0.4, 0.5) is 0 Å². The van der Waals surface area contributed by atoms with Crippen LogP contribution in [0.15, 0.2) is 30.3 Å². The Hall–Kier alpha value is -2.30. The lowest BCUT2D eigenvalue weighted by Gasteiger charge is -2.33. The van der Waals surface area contributed by atoms with Crippen LogP contribution in [0.2, 0.25) is 0 Å². The third-order valence-electron chi connectivity index (χ3n) is 6.25. The molecule has 1 aromatic heterocycles. The van der Waals surface area contributed by atoms with Crippen LogP contribution < -0.4 is 0 Å². The third kappa shape index (κ3) is 4.87. The number of nitrogens with zero attached hydrogens (tertiary/aromatic N) is 5. The van der Waals surface area contributed by atoms with Crippen LogP contribution in [0.5, 0.6) is 0 Å². The van der Waals surface area contributed by atoms with Gasteiger partial charge >= 0.3 is 0 Å². The number of hydrogen-bond acceptors (Lipinski definition) is 6. The highest BCUT2D eigenvalue weighted by molar-refractivity contribution is 7.89. The molecular formula is C22H31N5O4S. The average molecular weight is 462 g/mol. The fraction of sp³-hybridized carbons (Fsp3) is 0.591. The van der Waals surface area contributed by atoms with E-state index < -0.39 is 15.3 Å². The number of rotatable bonds is 7. The van der Waals surface area contributed by atoms with Crippen LogP contribution in [0, 0.1) is 0 Å². The summed E-state index contributed by atoms with van der Waals surface area (Å²) < 4.78 is 34.1. The van der Waals surface area contributed by atoms with E-state index in [1.807, 2.05) is 30.3 Å². The first-order valence-corrected chi connectivity index (χ1v) is 12.7. The van der Waals surface area contributed by atoms with Crippen molar-refractivity contribution in [3.8, 4) is 0 Å². The molecule has 10 heteroatoms. The zero-order chi connectivity index (χ0) is 22.7. The van der Waals surface area contributed by atoms with Crippen molar-refractivity contribution in [1.82, 2.24) is 24.0 Å². The van der Waals surface area contributed by atoms with Gasteiger partial charge in [0, 0.05) is 32.1 Å². The Kier molecular flexibility index (Phi) is 6.92. The lowest BCUT2D eigenvalue weighted by Crippen LogP contribution is -2.42. The van der Waals surface area contributed by atoms with Crippen molar-refractivity contribution in [2.24, 2.45) is 0 Å². The minimum atomic E-state index is -3.22. The zero-order valence-electron chi connectivity index (χ0n) is 18.7. The quantitative estimate of drug-likeness (QED) is 0.623. The van der Waals surface area contributed by atoms with Crippen LogP contribution in [0.1, 0.15) is 49.8 Å². The highest BCUT2D eigenvalue weighted by atomic mass is 32.2. The van der Waals surface area contributed by atoms with Gasteiger partial charge in [-0.25, -0.2) is 12.7 Å². The van der Waals surface area contributed by atoms with E-state index in [0.29, 0.717) is 39.3 Å². The number of piperidine rings is 1. The molecule has 0 atom stereocenters. The van der Waals surface area contributed by atoms with Gasteiger partial charge in [0.25, 0.3) is 0 Å². The first kappa shape index (κ1) is 22.9. The van der Waals surface area contributed by atoms with Gasteiger partial charge in [0.15, 0.2) is 5.82 Å². The standard InChI is InChI=1S/C22H31N5O4S/c1-17(2)32(29,30)26-10-8-19(9-11-26)22-24-23-20-14-25(12-13-27(20)22)21(28)16-31-15-18-6-4-3-5-7-18/h3-7,17,19H,8-16H2,1-2H3. The van der Waals surface area contributed by atoms with E-state index in [1.54, 1.807) is 23.1 Å². The molecule has 0 N–H and O–H groups in total. The van der Waals surface area contributed by atoms with Gasteiger partial charge in [-0.2, -0.15) is 0 Å². The Labute approximate surface area is 189 Å². The molecule has 0 unspecified atom stereocenters. The van der Waals surface area contributed by atoms with E-state index in [-0.39, 0.29) is 18.4 Å². The number of carbonyl (C=O) groups excluding carboxylic acids is 1. The molecule has 4 rings (SSSR count).